The first-order valence-electron chi connectivity index (χ1n) is 4.66. The minimum Gasteiger partial charge on any atom is -0.464 e. The van der Waals surface area contributed by atoms with Crippen molar-refractivity contribution >= 4 is 11.7 Å². The Labute approximate surface area is 104 Å². The monoisotopic (exact) mass is 280 g/mol. The molecule has 0 spiro atoms. The minimum atomic E-state index is -5.08. The van der Waals surface area contributed by atoms with E-state index in [0.29, 0.717) is 6.07 Å². The van der Waals surface area contributed by atoms with Crippen molar-refractivity contribution in [3.63, 3.8) is 0 Å². The van der Waals surface area contributed by atoms with Crippen LogP contribution in [-0.2, 0) is 4.74 Å². The lowest BCUT2D eigenvalue weighted by Crippen LogP contribution is -2.20. The van der Waals surface area contributed by atoms with Crippen LogP contribution in [-0.4, -0.2) is 29.3 Å². The molecule has 0 aliphatic carbocycles. The number of methoxy groups -OCH3 is 1. The quantitative estimate of drug-likeness (QED) is 0.477. The van der Waals surface area contributed by atoms with Gasteiger partial charge in [0.2, 0.25) is 5.88 Å². The second-order valence-corrected chi connectivity index (χ2v) is 3.25. The lowest BCUT2D eigenvalue weighted by Gasteiger charge is -2.11. The Morgan fingerprint density at radius 1 is 1.47 bits per heavy atom. The topological polar surface area (TPSA) is 91.6 Å². The Hall–Kier alpha value is -2.39. The zero-order valence-electron chi connectivity index (χ0n) is 9.65. The van der Waals surface area contributed by atoms with E-state index in [1.54, 1.807) is 0 Å². The van der Waals surface area contributed by atoms with Crippen LogP contribution in [0.4, 0.5) is 18.9 Å². The fourth-order valence-corrected chi connectivity index (χ4v) is 1.18. The Kier molecular flexibility index (Phi) is 3.92. The molecule has 0 N–H and O–H groups in total. The molecule has 0 bridgehead atoms. The number of esters is 1. The molecule has 0 saturated carbocycles. The van der Waals surface area contributed by atoms with E-state index < -0.39 is 40.1 Å². The van der Waals surface area contributed by atoms with Crippen LogP contribution < -0.4 is 4.74 Å². The van der Waals surface area contributed by atoms with Crippen molar-refractivity contribution in [3.8, 4) is 5.88 Å². The highest BCUT2D eigenvalue weighted by atomic mass is 19.4. The maximum atomic E-state index is 12.1. The van der Waals surface area contributed by atoms with Crippen molar-refractivity contribution in [1.82, 2.24) is 4.98 Å². The molecule has 19 heavy (non-hydrogen) atoms. The summed E-state index contributed by atoms with van der Waals surface area (Å²) < 4.78 is 44.1. The van der Waals surface area contributed by atoms with E-state index in [1.165, 1.54) is 0 Å². The number of ether oxygens (including phenoxy) is 2. The van der Waals surface area contributed by atoms with Gasteiger partial charge in [0.25, 0.3) is 5.69 Å². The van der Waals surface area contributed by atoms with Gasteiger partial charge in [-0.1, -0.05) is 0 Å². The summed E-state index contributed by atoms with van der Waals surface area (Å²) in [6, 6.07) is 0.713. The highest BCUT2D eigenvalue weighted by molar-refractivity contribution is 5.88. The van der Waals surface area contributed by atoms with Gasteiger partial charge in [0.1, 0.15) is 0 Å². The van der Waals surface area contributed by atoms with Gasteiger partial charge in [-0.3, -0.25) is 10.1 Å². The molecule has 0 aliphatic rings. The SMILES string of the molecule is COC(=O)c1cc([N+](=O)[O-])c(C)c(OC(F)(F)F)n1. The van der Waals surface area contributed by atoms with Gasteiger partial charge < -0.3 is 9.47 Å². The average molecular weight is 280 g/mol. The van der Waals surface area contributed by atoms with E-state index in [4.69, 9.17) is 0 Å². The van der Waals surface area contributed by atoms with E-state index in [9.17, 15) is 28.1 Å². The number of aromatic nitrogens is 1. The van der Waals surface area contributed by atoms with E-state index >= 15 is 0 Å². The Balaban J connectivity index is 3.40. The van der Waals surface area contributed by atoms with E-state index in [1.807, 2.05) is 0 Å². The smallest absolute Gasteiger partial charge is 0.464 e. The van der Waals surface area contributed by atoms with Gasteiger partial charge in [-0.15, -0.1) is 13.2 Å². The van der Waals surface area contributed by atoms with Crippen LogP contribution in [0.3, 0.4) is 0 Å². The first-order valence-corrected chi connectivity index (χ1v) is 4.66. The van der Waals surface area contributed by atoms with Crippen LogP contribution in [0.2, 0.25) is 0 Å². The highest BCUT2D eigenvalue weighted by Crippen LogP contribution is 2.30. The molecule has 1 rings (SSSR count). The summed E-state index contributed by atoms with van der Waals surface area (Å²) in [7, 11) is 0.958. The fourth-order valence-electron chi connectivity index (χ4n) is 1.18. The number of nitrogens with zero attached hydrogens (tertiary/aromatic N) is 2. The molecule has 10 heteroatoms. The molecule has 0 fully saturated rings. The van der Waals surface area contributed by atoms with Crippen molar-refractivity contribution in [2.24, 2.45) is 0 Å². The number of carbonyl (C=O) groups is 1. The minimum absolute atomic E-state index is 0.449. The number of hydrogen-bond acceptors (Lipinski definition) is 6. The summed E-state index contributed by atoms with van der Waals surface area (Å²) >= 11 is 0. The first-order chi connectivity index (χ1) is 8.65. The molecule has 0 aromatic carbocycles. The van der Waals surface area contributed by atoms with Crippen LogP contribution in [0.1, 0.15) is 16.1 Å². The molecule has 1 heterocycles. The fraction of sp³-hybridized carbons (Fsp3) is 0.333. The molecular weight excluding hydrogens is 273 g/mol. The van der Waals surface area contributed by atoms with Crippen molar-refractivity contribution in [2.75, 3.05) is 7.11 Å². The van der Waals surface area contributed by atoms with Crippen molar-refractivity contribution in [1.29, 1.82) is 0 Å². The van der Waals surface area contributed by atoms with Crippen LogP contribution in [0, 0.1) is 17.0 Å². The van der Waals surface area contributed by atoms with Gasteiger partial charge in [0.15, 0.2) is 5.69 Å². The average Bonchev–Trinajstić information content (AvgIpc) is 2.28. The predicted octanol–water partition coefficient (Wildman–Crippen LogP) is 1.98. The van der Waals surface area contributed by atoms with Gasteiger partial charge in [0, 0.05) is 6.07 Å². The lowest BCUT2D eigenvalue weighted by atomic mass is 10.2. The third kappa shape index (κ3) is 3.53. The molecule has 1 aromatic heterocycles. The number of halogens is 3. The summed E-state index contributed by atoms with van der Waals surface area (Å²) in [6.07, 6.45) is -5.08. The largest absolute Gasteiger partial charge is 0.574 e. The van der Waals surface area contributed by atoms with E-state index in [2.05, 4.69) is 14.5 Å². The van der Waals surface area contributed by atoms with Gasteiger partial charge in [0.05, 0.1) is 17.6 Å². The number of rotatable bonds is 3. The second-order valence-electron chi connectivity index (χ2n) is 3.25. The van der Waals surface area contributed by atoms with E-state index in [-0.39, 0.29) is 0 Å². The molecule has 1 aromatic rings. The number of carbonyl (C=O) groups excluding carboxylic acids is 1. The van der Waals surface area contributed by atoms with Crippen LogP contribution >= 0.6 is 0 Å². The summed E-state index contributed by atoms with van der Waals surface area (Å²) in [6.45, 7) is 1.02. The Morgan fingerprint density at radius 2 is 2.05 bits per heavy atom. The van der Waals surface area contributed by atoms with Gasteiger partial charge in [-0.05, 0) is 6.92 Å². The van der Waals surface area contributed by atoms with Gasteiger partial charge in [-0.2, -0.15) is 0 Å². The van der Waals surface area contributed by atoms with Gasteiger partial charge in [-0.25, -0.2) is 9.78 Å². The van der Waals surface area contributed by atoms with E-state index in [0.717, 1.165) is 14.0 Å². The predicted molar refractivity (Wildman–Crippen MR) is 53.7 cm³/mol. The molecule has 7 nitrogen and oxygen atoms in total. The zero-order valence-corrected chi connectivity index (χ0v) is 9.65. The summed E-state index contributed by atoms with van der Waals surface area (Å²) in [4.78, 5) is 24.2. The van der Waals surface area contributed by atoms with Crippen molar-refractivity contribution < 1.29 is 32.4 Å². The highest BCUT2D eigenvalue weighted by Gasteiger charge is 2.35. The summed E-state index contributed by atoms with van der Waals surface area (Å²) in [5.74, 6) is -2.18. The number of hydrogen-bond donors (Lipinski definition) is 0. The maximum Gasteiger partial charge on any atom is 0.574 e. The van der Waals surface area contributed by atoms with Crippen LogP contribution in [0.15, 0.2) is 6.07 Å². The molecule has 104 valence electrons. The maximum absolute atomic E-state index is 12.1. The zero-order chi connectivity index (χ0) is 14.8. The Bertz CT molecular complexity index is 529. The number of pyridine rings is 1. The molecule has 0 atom stereocenters. The van der Waals surface area contributed by atoms with Gasteiger partial charge >= 0.3 is 12.3 Å². The first kappa shape index (κ1) is 14.7. The third-order valence-electron chi connectivity index (χ3n) is 2.00. The standard InChI is InChI=1S/C9H7F3N2O5/c1-4-6(14(16)17)3-5(8(15)18-2)13-7(4)19-9(10,11)12/h3H,1-2H3. The second kappa shape index (κ2) is 5.08. The molecular formula is C9H7F3N2O5. The molecule has 0 aliphatic heterocycles. The molecule has 0 unspecified atom stereocenters. The normalized spacial score (nSPS) is 11.0. The van der Waals surface area contributed by atoms with Crippen LogP contribution in [0.25, 0.3) is 0 Å². The molecule has 0 saturated heterocycles. The van der Waals surface area contributed by atoms with Crippen molar-refractivity contribution in [3.05, 3.63) is 27.4 Å². The van der Waals surface area contributed by atoms with Crippen LogP contribution in [0.5, 0.6) is 5.88 Å². The summed E-state index contributed by atoms with van der Waals surface area (Å²) in [5.41, 5.74) is -1.83. The van der Waals surface area contributed by atoms with Crippen molar-refractivity contribution in [2.45, 2.75) is 13.3 Å². The molecule has 0 amide bonds. The summed E-state index contributed by atoms with van der Waals surface area (Å²) in [5, 5.41) is 10.7. The number of nitro groups is 1. The number of alkyl halides is 3. The Morgan fingerprint density at radius 3 is 2.47 bits per heavy atom. The molecule has 0 radical (unpaired) electrons. The third-order valence-corrected chi connectivity index (χ3v) is 2.00. The lowest BCUT2D eigenvalue weighted by molar-refractivity contribution is -0.385.